The molecule has 2 rings (SSSR count). The van der Waals surface area contributed by atoms with Crippen LogP contribution in [-0.2, 0) is 0 Å². The molecule has 1 aromatic carbocycles. The summed E-state index contributed by atoms with van der Waals surface area (Å²) in [5.74, 6) is 1.87. The van der Waals surface area contributed by atoms with Crippen molar-refractivity contribution in [3.05, 3.63) is 24.3 Å². The van der Waals surface area contributed by atoms with Crippen LogP contribution in [0.15, 0.2) is 29.3 Å². The smallest absolute Gasteiger partial charge is 0.193 e. The van der Waals surface area contributed by atoms with Gasteiger partial charge < -0.3 is 15.8 Å². The number of likely N-dealkylation sites (tertiary alicyclic amines) is 1. The van der Waals surface area contributed by atoms with E-state index >= 15 is 0 Å². The van der Waals surface area contributed by atoms with Gasteiger partial charge in [-0.1, -0.05) is 26.7 Å². The molecular weight excluding hydrogens is 427 g/mol. The molecule has 1 aromatic rings. The minimum atomic E-state index is 0. The maximum Gasteiger partial charge on any atom is 0.193 e. The monoisotopic (exact) mass is 460 g/mol. The van der Waals surface area contributed by atoms with E-state index in [0.29, 0.717) is 17.9 Å². The summed E-state index contributed by atoms with van der Waals surface area (Å²) < 4.78 is 5.16. The van der Waals surface area contributed by atoms with Gasteiger partial charge in [0, 0.05) is 11.7 Å². The second-order valence-electron chi connectivity index (χ2n) is 6.84. The van der Waals surface area contributed by atoms with Gasteiger partial charge in [-0.05, 0) is 56.1 Å². The molecule has 1 aliphatic heterocycles. The Morgan fingerprint density at radius 2 is 1.76 bits per heavy atom. The normalized spacial score (nSPS) is 17.5. The van der Waals surface area contributed by atoms with Gasteiger partial charge in [-0.25, -0.2) is 0 Å². The molecule has 0 spiro atoms. The van der Waals surface area contributed by atoms with Crippen LogP contribution in [0.2, 0.25) is 0 Å². The summed E-state index contributed by atoms with van der Waals surface area (Å²) in [6, 6.07) is 8.15. The average molecular weight is 460 g/mol. The van der Waals surface area contributed by atoms with E-state index in [9.17, 15) is 0 Å². The number of benzene rings is 1. The molecule has 6 heteroatoms. The molecule has 1 aliphatic rings. The van der Waals surface area contributed by atoms with Crippen LogP contribution in [0, 0.1) is 5.92 Å². The standard InChI is InChI=1S/C19H32N4O.HI/c1-15(2)18(23-12-6-4-5-7-13-23)14-21-19(20)22-16-8-10-17(24-3)11-9-16;/h8-11,15,18H,4-7,12-14H2,1-3H3,(H3,20,21,22);1H. The lowest BCUT2D eigenvalue weighted by Gasteiger charge is -2.32. The molecule has 0 bridgehead atoms. The van der Waals surface area contributed by atoms with Gasteiger partial charge in [0.05, 0.1) is 13.7 Å². The number of nitrogens with zero attached hydrogens (tertiary/aromatic N) is 2. The minimum absolute atomic E-state index is 0. The summed E-state index contributed by atoms with van der Waals surface area (Å²) in [5.41, 5.74) is 7.00. The second-order valence-corrected chi connectivity index (χ2v) is 6.84. The Balaban J connectivity index is 0.00000312. The number of aliphatic imine (C=N–C) groups is 1. The van der Waals surface area contributed by atoms with Crippen molar-refractivity contribution in [2.45, 2.75) is 45.6 Å². The molecule has 3 N–H and O–H groups in total. The highest BCUT2D eigenvalue weighted by molar-refractivity contribution is 14.0. The molecule has 1 unspecified atom stereocenters. The van der Waals surface area contributed by atoms with Gasteiger partial charge in [0.1, 0.15) is 5.75 Å². The Morgan fingerprint density at radius 1 is 1.16 bits per heavy atom. The van der Waals surface area contributed by atoms with Crippen LogP contribution in [0.5, 0.6) is 5.75 Å². The van der Waals surface area contributed by atoms with Gasteiger partial charge in [-0.2, -0.15) is 0 Å². The fourth-order valence-electron chi connectivity index (χ4n) is 3.23. The molecule has 1 heterocycles. The molecule has 1 atom stereocenters. The van der Waals surface area contributed by atoms with Crippen LogP contribution >= 0.6 is 24.0 Å². The van der Waals surface area contributed by atoms with Crippen molar-refractivity contribution in [3.63, 3.8) is 0 Å². The van der Waals surface area contributed by atoms with Gasteiger partial charge in [-0.3, -0.25) is 9.89 Å². The number of ether oxygens (including phenoxy) is 1. The first-order valence-corrected chi connectivity index (χ1v) is 9.05. The molecule has 0 amide bonds. The number of hydrogen-bond acceptors (Lipinski definition) is 3. The maximum absolute atomic E-state index is 6.07. The van der Waals surface area contributed by atoms with Crippen molar-refractivity contribution in [1.29, 1.82) is 0 Å². The van der Waals surface area contributed by atoms with Crippen molar-refractivity contribution < 1.29 is 4.74 Å². The highest BCUT2D eigenvalue weighted by Crippen LogP contribution is 2.18. The van der Waals surface area contributed by atoms with Gasteiger partial charge in [0.15, 0.2) is 5.96 Å². The molecule has 0 radical (unpaired) electrons. The quantitative estimate of drug-likeness (QED) is 0.384. The van der Waals surface area contributed by atoms with Gasteiger partial charge in [0.25, 0.3) is 0 Å². The van der Waals surface area contributed by atoms with Crippen molar-refractivity contribution in [1.82, 2.24) is 4.90 Å². The van der Waals surface area contributed by atoms with E-state index in [4.69, 9.17) is 10.5 Å². The number of methoxy groups -OCH3 is 1. The molecule has 0 aromatic heterocycles. The minimum Gasteiger partial charge on any atom is -0.497 e. The number of rotatable bonds is 6. The Morgan fingerprint density at radius 3 is 2.28 bits per heavy atom. The van der Waals surface area contributed by atoms with Crippen LogP contribution < -0.4 is 15.8 Å². The van der Waals surface area contributed by atoms with E-state index < -0.39 is 0 Å². The van der Waals surface area contributed by atoms with E-state index in [0.717, 1.165) is 18.0 Å². The number of nitrogens with one attached hydrogen (secondary N) is 1. The fourth-order valence-corrected chi connectivity index (χ4v) is 3.23. The predicted molar refractivity (Wildman–Crippen MR) is 117 cm³/mol. The molecule has 142 valence electrons. The molecule has 0 aliphatic carbocycles. The summed E-state index contributed by atoms with van der Waals surface area (Å²) in [5, 5.41) is 3.16. The van der Waals surface area contributed by atoms with E-state index in [1.54, 1.807) is 7.11 Å². The molecular formula is C19H33IN4O. The lowest BCUT2D eigenvalue weighted by molar-refractivity contribution is 0.166. The van der Waals surface area contributed by atoms with E-state index in [1.807, 2.05) is 24.3 Å². The molecule has 5 nitrogen and oxygen atoms in total. The molecule has 1 fully saturated rings. The summed E-state index contributed by atoms with van der Waals surface area (Å²) in [7, 11) is 1.66. The highest BCUT2D eigenvalue weighted by atomic mass is 127. The van der Waals surface area contributed by atoms with Crippen molar-refractivity contribution >= 4 is 35.6 Å². The average Bonchev–Trinajstić information content (AvgIpc) is 2.85. The van der Waals surface area contributed by atoms with Crippen LogP contribution in [0.1, 0.15) is 39.5 Å². The van der Waals surface area contributed by atoms with Crippen LogP contribution in [-0.4, -0.2) is 43.6 Å². The topological polar surface area (TPSA) is 62.9 Å². The van der Waals surface area contributed by atoms with Crippen molar-refractivity contribution in [3.8, 4) is 5.75 Å². The Kier molecular flexibility index (Phi) is 10.2. The largest absolute Gasteiger partial charge is 0.497 e. The summed E-state index contributed by atoms with van der Waals surface area (Å²) in [6.45, 7) is 7.66. The van der Waals surface area contributed by atoms with Crippen molar-refractivity contribution in [2.75, 3.05) is 32.1 Å². The lowest BCUT2D eigenvalue weighted by atomic mass is 10.0. The molecule has 0 saturated carbocycles. The zero-order chi connectivity index (χ0) is 17.4. The first-order valence-electron chi connectivity index (χ1n) is 9.05. The third-order valence-corrected chi connectivity index (χ3v) is 4.69. The Hall–Kier alpha value is -1.02. The number of nitrogens with two attached hydrogens (primary N) is 1. The first-order chi connectivity index (χ1) is 11.6. The van der Waals surface area contributed by atoms with Gasteiger partial charge in [0.2, 0.25) is 0 Å². The SMILES string of the molecule is COc1ccc(NC(N)=NCC(C(C)C)N2CCCCCC2)cc1.I. The fraction of sp³-hybridized carbons (Fsp3) is 0.632. The maximum atomic E-state index is 6.07. The van der Waals surface area contributed by atoms with E-state index in [-0.39, 0.29) is 24.0 Å². The van der Waals surface area contributed by atoms with Crippen LogP contribution in [0.25, 0.3) is 0 Å². The van der Waals surface area contributed by atoms with Gasteiger partial charge >= 0.3 is 0 Å². The van der Waals surface area contributed by atoms with E-state index in [1.165, 1.54) is 38.8 Å². The lowest BCUT2D eigenvalue weighted by Crippen LogP contribution is -2.42. The molecule has 1 saturated heterocycles. The summed E-state index contributed by atoms with van der Waals surface area (Å²) in [6.07, 6.45) is 5.30. The zero-order valence-electron chi connectivity index (χ0n) is 15.7. The van der Waals surface area contributed by atoms with Gasteiger partial charge in [-0.15, -0.1) is 24.0 Å². The third kappa shape index (κ3) is 7.40. The Labute approximate surface area is 169 Å². The summed E-state index contributed by atoms with van der Waals surface area (Å²) in [4.78, 5) is 7.20. The number of halogens is 1. The highest BCUT2D eigenvalue weighted by Gasteiger charge is 2.22. The van der Waals surface area contributed by atoms with Crippen LogP contribution in [0.4, 0.5) is 5.69 Å². The molecule has 25 heavy (non-hydrogen) atoms. The number of anilines is 1. The zero-order valence-corrected chi connectivity index (χ0v) is 18.0. The first kappa shape index (κ1) is 22.0. The third-order valence-electron chi connectivity index (χ3n) is 4.69. The van der Waals surface area contributed by atoms with Crippen molar-refractivity contribution in [2.24, 2.45) is 16.6 Å². The number of hydrogen-bond donors (Lipinski definition) is 2. The van der Waals surface area contributed by atoms with E-state index in [2.05, 4.69) is 29.1 Å². The number of guanidine groups is 1. The Bertz CT molecular complexity index is 511. The van der Waals surface area contributed by atoms with Crippen LogP contribution in [0.3, 0.4) is 0 Å². The summed E-state index contributed by atoms with van der Waals surface area (Å²) >= 11 is 0. The second kappa shape index (κ2) is 11.6. The predicted octanol–water partition coefficient (Wildman–Crippen LogP) is 3.94.